The summed E-state index contributed by atoms with van der Waals surface area (Å²) < 4.78 is 4.90. The van der Waals surface area contributed by atoms with Crippen molar-refractivity contribution in [1.29, 1.82) is 0 Å². The third kappa shape index (κ3) is 4.73. The molecule has 0 aliphatic heterocycles. The Morgan fingerprint density at radius 3 is 2.59 bits per heavy atom. The quantitative estimate of drug-likeness (QED) is 0.649. The normalized spacial score (nSPS) is 16.6. The maximum Gasteiger partial charge on any atom is 0.308 e. The maximum absolute atomic E-state index is 11.9. The van der Waals surface area contributed by atoms with Crippen LogP contribution in [0.3, 0.4) is 0 Å². The first-order valence-electron chi connectivity index (χ1n) is 6.07. The zero-order chi connectivity index (χ0) is 12.8. The largest absolute Gasteiger partial charge is 0.481 e. The minimum absolute atomic E-state index is 0.0534. The fourth-order valence-electron chi connectivity index (χ4n) is 1.73. The van der Waals surface area contributed by atoms with Crippen LogP contribution >= 0.6 is 0 Å². The van der Waals surface area contributed by atoms with Gasteiger partial charge in [0.05, 0.1) is 5.92 Å². The van der Waals surface area contributed by atoms with E-state index in [0.29, 0.717) is 26.0 Å². The van der Waals surface area contributed by atoms with Gasteiger partial charge >= 0.3 is 5.97 Å². The highest BCUT2D eigenvalue weighted by molar-refractivity contribution is 5.78. The molecular weight excluding hydrogens is 222 g/mol. The average molecular weight is 243 g/mol. The highest BCUT2D eigenvalue weighted by atomic mass is 16.5. The Morgan fingerprint density at radius 1 is 1.47 bits per heavy atom. The third-order valence-corrected chi connectivity index (χ3v) is 2.94. The smallest absolute Gasteiger partial charge is 0.308 e. The van der Waals surface area contributed by atoms with Crippen molar-refractivity contribution in [1.82, 2.24) is 4.90 Å². The lowest BCUT2D eigenvalue weighted by Crippen LogP contribution is -2.38. The van der Waals surface area contributed by atoms with Crippen LogP contribution in [-0.2, 0) is 14.3 Å². The molecule has 98 valence electrons. The topological polar surface area (TPSA) is 66.8 Å². The highest BCUT2D eigenvalue weighted by Crippen LogP contribution is 2.28. The number of carboxylic acids is 1. The first-order valence-corrected chi connectivity index (χ1v) is 6.07. The van der Waals surface area contributed by atoms with Gasteiger partial charge in [-0.05, 0) is 19.3 Å². The molecule has 1 atom stereocenters. The molecule has 0 aromatic rings. The van der Waals surface area contributed by atoms with E-state index in [1.54, 1.807) is 18.9 Å². The van der Waals surface area contributed by atoms with E-state index in [-0.39, 0.29) is 11.9 Å². The summed E-state index contributed by atoms with van der Waals surface area (Å²) in [5.74, 6) is -1.29. The summed E-state index contributed by atoms with van der Waals surface area (Å²) in [4.78, 5) is 24.5. The van der Waals surface area contributed by atoms with Crippen molar-refractivity contribution in [2.75, 3.05) is 20.3 Å². The molecule has 0 radical (unpaired) electrons. The number of carboxylic acid groups (broad SMARTS) is 1. The standard InChI is InChI=1S/C12H21NO4/c1-9(12(15)16)8-13(10-5-6-10)11(14)4-3-7-17-2/h9-10H,3-8H2,1-2H3,(H,15,16). The molecule has 0 saturated heterocycles. The number of amides is 1. The van der Waals surface area contributed by atoms with E-state index in [9.17, 15) is 9.59 Å². The second-order valence-corrected chi connectivity index (χ2v) is 4.61. The molecule has 0 aromatic heterocycles. The van der Waals surface area contributed by atoms with Crippen LogP contribution in [0.1, 0.15) is 32.6 Å². The van der Waals surface area contributed by atoms with Gasteiger partial charge in [0.2, 0.25) is 5.91 Å². The van der Waals surface area contributed by atoms with Crippen LogP contribution in [0.15, 0.2) is 0 Å². The summed E-state index contributed by atoms with van der Waals surface area (Å²) in [6, 6.07) is 0.270. The highest BCUT2D eigenvalue weighted by Gasteiger charge is 2.33. The van der Waals surface area contributed by atoms with Gasteiger partial charge in [-0.1, -0.05) is 6.92 Å². The van der Waals surface area contributed by atoms with Crippen LogP contribution in [0.5, 0.6) is 0 Å². The van der Waals surface area contributed by atoms with Crippen LogP contribution in [-0.4, -0.2) is 48.2 Å². The summed E-state index contributed by atoms with van der Waals surface area (Å²) >= 11 is 0. The van der Waals surface area contributed by atoms with Gasteiger partial charge in [-0.2, -0.15) is 0 Å². The molecule has 5 nitrogen and oxygen atoms in total. The van der Waals surface area contributed by atoms with Crippen molar-refractivity contribution < 1.29 is 19.4 Å². The molecule has 5 heteroatoms. The fourth-order valence-corrected chi connectivity index (χ4v) is 1.73. The number of carbonyl (C=O) groups excluding carboxylic acids is 1. The Kier molecular flexibility index (Phi) is 5.41. The van der Waals surface area contributed by atoms with Gasteiger partial charge in [0.15, 0.2) is 0 Å². The summed E-state index contributed by atoms with van der Waals surface area (Å²) in [7, 11) is 1.61. The van der Waals surface area contributed by atoms with Crippen molar-refractivity contribution >= 4 is 11.9 Å². The van der Waals surface area contributed by atoms with Gasteiger partial charge in [-0.25, -0.2) is 0 Å². The summed E-state index contributed by atoms with van der Waals surface area (Å²) in [6.07, 6.45) is 3.14. The molecule has 0 bridgehead atoms. The van der Waals surface area contributed by atoms with E-state index in [0.717, 1.165) is 12.8 Å². The summed E-state index contributed by atoms with van der Waals surface area (Å²) in [6.45, 7) is 2.53. The van der Waals surface area contributed by atoms with E-state index in [2.05, 4.69) is 0 Å². The Labute approximate surface area is 102 Å². The third-order valence-electron chi connectivity index (χ3n) is 2.94. The lowest BCUT2D eigenvalue weighted by Gasteiger charge is -2.24. The Hall–Kier alpha value is -1.10. The van der Waals surface area contributed by atoms with Crippen LogP contribution in [0.4, 0.5) is 0 Å². The van der Waals surface area contributed by atoms with Crippen LogP contribution in [0.2, 0.25) is 0 Å². The summed E-state index contributed by atoms with van der Waals surface area (Å²) in [5, 5.41) is 8.87. The summed E-state index contributed by atoms with van der Waals surface area (Å²) in [5.41, 5.74) is 0. The Bertz CT molecular complexity index is 276. The van der Waals surface area contributed by atoms with E-state index in [1.165, 1.54) is 0 Å². The van der Waals surface area contributed by atoms with Crippen molar-refractivity contribution in [3.63, 3.8) is 0 Å². The van der Waals surface area contributed by atoms with Gasteiger partial charge in [0.25, 0.3) is 0 Å². The number of aliphatic carboxylic acids is 1. The molecule has 0 aromatic carbocycles. The van der Waals surface area contributed by atoms with Gasteiger partial charge in [-0.3, -0.25) is 9.59 Å². The SMILES string of the molecule is COCCCC(=O)N(CC(C)C(=O)O)C1CC1. The van der Waals surface area contributed by atoms with E-state index >= 15 is 0 Å². The molecule has 1 aliphatic rings. The first-order chi connectivity index (χ1) is 8.06. The fraction of sp³-hybridized carbons (Fsp3) is 0.833. The predicted molar refractivity (Wildman–Crippen MR) is 62.6 cm³/mol. The zero-order valence-corrected chi connectivity index (χ0v) is 10.5. The molecule has 1 unspecified atom stereocenters. The maximum atomic E-state index is 11.9. The molecule has 1 fully saturated rings. The molecule has 1 N–H and O–H groups in total. The molecule has 1 saturated carbocycles. The van der Waals surface area contributed by atoms with E-state index < -0.39 is 11.9 Å². The number of hydrogen-bond donors (Lipinski definition) is 1. The molecule has 1 amide bonds. The molecular formula is C12H21NO4. The second kappa shape index (κ2) is 6.59. The zero-order valence-electron chi connectivity index (χ0n) is 10.5. The van der Waals surface area contributed by atoms with Crippen LogP contribution in [0, 0.1) is 5.92 Å². The number of hydrogen-bond acceptors (Lipinski definition) is 3. The number of carbonyl (C=O) groups is 2. The van der Waals surface area contributed by atoms with Gasteiger partial charge in [-0.15, -0.1) is 0 Å². The monoisotopic (exact) mass is 243 g/mol. The lowest BCUT2D eigenvalue weighted by molar-refractivity contribution is -0.143. The van der Waals surface area contributed by atoms with E-state index in [1.807, 2.05) is 0 Å². The van der Waals surface area contributed by atoms with Crippen molar-refractivity contribution in [2.24, 2.45) is 5.92 Å². The Balaban J connectivity index is 2.42. The predicted octanol–water partition coefficient (Wildman–Crippen LogP) is 1.12. The molecule has 0 heterocycles. The van der Waals surface area contributed by atoms with Gasteiger partial charge in [0.1, 0.15) is 0 Å². The van der Waals surface area contributed by atoms with Crippen molar-refractivity contribution in [3.8, 4) is 0 Å². The van der Waals surface area contributed by atoms with Gasteiger partial charge in [0, 0.05) is 32.7 Å². The Morgan fingerprint density at radius 2 is 2.12 bits per heavy atom. The van der Waals surface area contributed by atoms with Crippen LogP contribution in [0.25, 0.3) is 0 Å². The average Bonchev–Trinajstić information content (AvgIpc) is 3.09. The molecule has 17 heavy (non-hydrogen) atoms. The van der Waals surface area contributed by atoms with Crippen molar-refractivity contribution in [3.05, 3.63) is 0 Å². The number of methoxy groups -OCH3 is 1. The molecule has 1 rings (SSSR count). The minimum atomic E-state index is -0.847. The molecule has 0 spiro atoms. The number of rotatable bonds is 8. The van der Waals surface area contributed by atoms with E-state index in [4.69, 9.17) is 9.84 Å². The minimum Gasteiger partial charge on any atom is -0.481 e. The van der Waals surface area contributed by atoms with Gasteiger partial charge < -0.3 is 14.7 Å². The number of nitrogens with zero attached hydrogens (tertiary/aromatic N) is 1. The molecule has 1 aliphatic carbocycles. The van der Waals surface area contributed by atoms with Crippen molar-refractivity contribution in [2.45, 2.75) is 38.6 Å². The first kappa shape index (κ1) is 14.0. The van der Waals surface area contributed by atoms with Crippen LogP contribution < -0.4 is 0 Å². The lowest BCUT2D eigenvalue weighted by atomic mass is 10.1. The number of ether oxygens (including phenoxy) is 1. The second-order valence-electron chi connectivity index (χ2n) is 4.61.